The summed E-state index contributed by atoms with van der Waals surface area (Å²) in [4.78, 5) is 11.1. The number of carbonyl (C=O) groups is 1. The molecule has 0 aliphatic rings. The normalized spacial score (nSPS) is 11.5. The van der Waals surface area contributed by atoms with E-state index in [9.17, 15) is 4.79 Å². The summed E-state index contributed by atoms with van der Waals surface area (Å²) < 4.78 is 0. The maximum Gasteiger partial charge on any atom is 0.309 e. The van der Waals surface area contributed by atoms with E-state index in [2.05, 4.69) is 6.92 Å². The second-order valence-electron chi connectivity index (χ2n) is 4.63. The Balaban J connectivity index is 3.04. The zero-order chi connectivity index (χ0) is 12.3. The SMILES string of the molecule is CCc1ccc(Cl)cc1CC(C)(C)C(=O)O. The van der Waals surface area contributed by atoms with Gasteiger partial charge in [-0.25, -0.2) is 0 Å². The zero-order valence-corrected chi connectivity index (χ0v) is 10.6. The van der Waals surface area contributed by atoms with Crippen LogP contribution in [0.25, 0.3) is 0 Å². The molecule has 88 valence electrons. The van der Waals surface area contributed by atoms with Gasteiger partial charge in [0.15, 0.2) is 0 Å². The Morgan fingerprint density at radius 3 is 2.50 bits per heavy atom. The standard InChI is InChI=1S/C13H17ClO2/c1-4-9-5-6-11(14)7-10(9)8-13(2,3)12(15)16/h5-7H,4,8H2,1-3H3,(H,15,16). The van der Waals surface area contributed by atoms with Crippen molar-refractivity contribution in [1.29, 1.82) is 0 Å². The summed E-state index contributed by atoms with van der Waals surface area (Å²) in [6, 6.07) is 5.68. The molecule has 1 aromatic carbocycles. The number of benzene rings is 1. The molecule has 0 fully saturated rings. The van der Waals surface area contributed by atoms with E-state index in [0.717, 1.165) is 12.0 Å². The largest absolute Gasteiger partial charge is 0.481 e. The highest BCUT2D eigenvalue weighted by Crippen LogP contribution is 2.26. The number of hydrogen-bond donors (Lipinski definition) is 1. The second kappa shape index (κ2) is 4.88. The number of rotatable bonds is 4. The van der Waals surface area contributed by atoms with E-state index in [1.807, 2.05) is 18.2 Å². The van der Waals surface area contributed by atoms with Crippen molar-refractivity contribution < 1.29 is 9.90 Å². The van der Waals surface area contributed by atoms with E-state index < -0.39 is 11.4 Å². The zero-order valence-electron chi connectivity index (χ0n) is 9.88. The molecular weight excluding hydrogens is 224 g/mol. The van der Waals surface area contributed by atoms with E-state index in [-0.39, 0.29) is 0 Å². The predicted molar refractivity (Wildman–Crippen MR) is 66.0 cm³/mol. The highest BCUT2D eigenvalue weighted by atomic mass is 35.5. The first-order valence-electron chi connectivity index (χ1n) is 5.37. The Bertz CT molecular complexity index is 397. The molecule has 0 spiro atoms. The van der Waals surface area contributed by atoms with Gasteiger partial charge in [0.1, 0.15) is 0 Å². The van der Waals surface area contributed by atoms with Crippen molar-refractivity contribution in [3.05, 3.63) is 34.3 Å². The molecule has 16 heavy (non-hydrogen) atoms. The van der Waals surface area contributed by atoms with Gasteiger partial charge in [0, 0.05) is 5.02 Å². The Labute approximate surface area is 101 Å². The third-order valence-corrected chi connectivity index (χ3v) is 3.00. The van der Waals surface area contributed by atoms with Crippen LogP contribution in [0.15, 0.2) is 18.2 Å². The van der Waals surface area contributed by atoms with Crippen molar-refractivity contribution in [3.8, 4) is 0 Å². The molecule has 0 aliphatic carbocycles. The molecule has 1 N–H and O–H groups in total. The van der Waals surface area contributed by atoms with Crippen molar-refractivity contribution in [1.82, 2.24) is 0 Å². The van der Waals surface area contributed by atoms with E-state index in [0.29, 0.717) is 11.4 Å². The van der Waals surface area contributed by atoms with Crippen LogP contribution in [0, 0.1) is 5.41 Å². The van der Waals surface area contributed by atoms with Crippen molar-refractivity contribution in [2.75, 3.05) is 0 Å². The maximum atomic E-state index is 11.1. The Kier molecular flexibility index (Phi) is 3.98. The van der Waals surface area contributed by atoms with Gasteiger partial charge in [-0.15, -0.1) is 0 Å². The smallest absolute Gasteiger partial charge is 0.309 e. The van der Waals surface area contributed by atoms with Gasteiger partial charge in [0.25, 0.3) is 0 Å². The van der Waals surface area contributed by atoms with Gasteiger partial charge in [-0.3, -0.25) is 4.79 Å². The van der Waals surface area contributed by atoms with Crippen LogP contribution in [-0.2, 0) is 17.6 Å². The summed E-state index contributed by atoms with van der Waals surface area (Å²) in [5, 5.41) is 9.76. The van der Waals surface area contributed by atoms with Crippen molar-refractivity contribution in [2.24, 2.45) is 5.41 Å². The van der Waals surface area contributed by atoms with Gasteiger partial charge < -0.3 is 5.11 Å². The molecule has 0 heterocycles. The molecular formula is C13H17ClO2. The molecule has 1 aromatic rings. The van der Waals surface area contributed by atoms with Crippen LogP contribution in [-0.4, -0.2) is 11.1 Å². The topological polar surface area (TPSA) is 37.3 Å². The molecule has 0 bridgehead atoms. The number of carboxylic acid groups (broad SMARTS) is 1. The third kappa shape index (κ3) is 2.99. The minimum Gasteiger partial charge on any atom is -0.481 e. The summed E-state index contributed by atoms with van der Waals surface area (Å²) in [5.41, 5.74) is 1.44. The molecule has 0 saturated heterocycles. The Morgan fingerprint density at radius 1 is 1.38 bits per heavy atom. The molecule has 0 radical (unpaired) electrons. The molecule has 1 rings (SSSR count). The van der Waals surface area contributed by atoms with Crippen LogP contribution in [0.5, 0.6) is 0 Å². The lowest BCUT2D eigenvalue weighted by atomic mass is 9.84. The van der Waals surface area contributed by atoms with Crippen LogP contribution >= 0.6 is 11.6 Å². The molecule has 0 atom stereocenters. The number of halogens is 1. The molecule has 3 heteroatoms. The van der Waals surface area contributed by atoms with E-state index in [1.165, 1.54) is 5.56 Å². The molecule has 0 amide bonds. The van der Waals surface area contributed by atoms with Gasteiger partial charge in [-0.2, -0.15) is 0 Å². The molecule has 2 nitrogen and oxygen atoms in total. The van der Waals surface area contributed by atoms with Gasteiger partial charge in [-0.05, 0) is 49.9 Å². The number of aryl methyl sites for hydroxylation is 1. The highest BCUT2D eigenvalue weighted by Gasteiger charge is 2.28. The van der Waals surface area contributed by atoms with Gasteiger partial charge >= 0.3 is 5.97 Å². The summed E-state index contributed by atoms with van der Waals surface area (Å²) in [6.45, 7) is 5.52. The van der Waals surface area contributed by atoms with Crippen LogP contribution < -0.4 is 0 Å². The molecule has 0 aromatic heterocycles. The summed E-state index contributed by atoms with van der Waals surface area (Å²) in [7, 11) is 0. The first-order valence-corrected chi connectivity index (χ1v) is 5.75. The van der Waals surface area contributed by atoms with E-state index in [4.69, 9.17) is 16.7 Å². The lowest BCUT2D eigenvalue weighted by Gasteiger charge is -2.20. The number of hydrogen-bond acceptors (Lipinski definition) is 1. The van der Waals surface area contributed by atoms with Crippen LogP contribution in [0.2, 0.25) is 5.02 Å². The maximum absolute atomic E-state index is 11.1. The minimum absolute atomic E-state index is 0.506. The Morgan fingerprint density at radius 2 is 2.00 bits per heavy atom. The first-order chi connectivity index (χ1) is 7.36. The molecule has 0 saturated carbocycles. The van der Waals surface area contributed by atoms with Crippen molar-refractivity contribution in [2.45, 2.75) is 33.6 Å². The van der Waals surface area contributed by atoms with Crippen LogP contribution in [0.1, 0.15) is 31.9 Å². The quantitative estimate of drug-likeness (QED) is 0.874. The van der Waals surface area contributed by atoms with E-state index >= 15 is 0 Å². The summed E-state index contributed by atoms with van der Waals surface area (Å²) in [6.07, 6.45) is 1.40. The lowest BCUT2D eigenvalue weighted by Crippen LogP contribution is -2.26. The van der Waals surface area contributed by atoms with E-state index in [1.54, 1.807) is 13.8 Å². The third-order valence-electron chi connectivity index (χ3n) is 2.76. The first kappa shape index (κ1) is 13.0. The molecule has 0 unspecified atom stereocenters. The van der Waals surface area contributed by atoms with Crippen LogP contribution in [0.3, 0.4) is 0 Å². The monoisotopic (exact) mass is 240 g/mol. The second-order valence-corrected chi connectivity index (χ2v) is 5.07. The summed E-state index contributed by atoms with van der Waals surface area (Å²) >= 11 is 5.93. The predicted octanol–water partition coefficient (Wildman–Crippen LogP) is 3.56. The van der Waals surface area contributed by atoms with Gasteiger partial charge in [-0.1, -0.05) is 24.6 Å². The highest BCUT2D eigenvalue weighted by molar-refractivity contribution is 6.30. The fraction of sp³-hybridized carbons (Fsp3) is 0.462. The van der Waals surface area contributed by atoms with Gasteiger partial charge in [0.2, 0.25) is 0 Å². The van der Waals surface area contributed by atoms with Crippen molar-refractivity contribution in [3.63, 3.8) is 0 Å². The number of aliphatic carboxylic acids is 1. The number of carboxylic acids is 1. The average molecular weight is 241 g/mol. The lowest BCUT2D eigenvalue weighted by molar-refractivity contribution is -0.146. The average Bonchev–Trinajstić information content (AvgIpc) is 2.17. The Hall–Kier alpha value is -1.02. The van der Waals surface area contributed by atoms with Gasteiger partial charge in [0.05, 0.1) is 5.41 Å². The molecule has 0 aliphatic heterocycles. The van der Waals surface area contributed by atoms with Crippen molar-refractivity contribution >= 4 is 17.6 Å². The van der Waals surface area contributed by atoms with Crippen LogP contribution in [0.4, 0.5) is 0 Å². The fourth-order valence-corrected chi connectivity index (χ4v) is 1.85. The minimum atomic E-state index is -0.783. The fourth-order valence-electron chi connectivity index (χ4n) is 1.66. The summed E-state index contributed by atoms with van der Waals surface area (Å²) in [5.74, 6) is -0.783.